The Balaban J connectivity index is 1.73. The van der Waals surface area contributed by atoms with Gasteiger partial charge in [0.2, 0.25) is 0 Å². The lowest BCUT2D eigenvalue weighted by atomic mass is 10.2. The average Bonchev–Trinajstić information content (AvgIpc) is 3.18. The summed E-state index contributed by atoms with van der Waals surface area (Å²) in [6.45, 7) is 6.24. The zero-order valence-corrected chi connectivity index (χ0v) is 16.3. The Hall–Kier alpha value is -2.07. The normalized spacial score (nSPS) is 18.9. The largest absolute Gasteiger partial charge is 0.444 e. The molecule has 2 heterocycles. The number of nitro benzene ring substituents is 1. The molecule has 1 aliphatic rings. The first-order valence-electron chi connectivity index (χ1n) is 8.07. The number of nitro groups is 1. The van der Waals surface area contributed by atoms with Crippen molar-refractivity contribution in [2.75, 3.05) is 13.1 Å². The molecule has 0 N–H and O–H groups in total. The predicted octanol–water partition coefficient (Wildman–Crippen LogP) is 3.32. The number of amides is 1. The third-order valence-electron chi connectivity index (χ3n) is 3.83. The Labute approximate surface area is 156 Å². The minimum Gasteiger partial charge on any atom is -0.444 e. The van der Waals surface area contributed by atoms with Crippen molar-refractivity contribution in [3.63, 3.8) is 0 Å². The second-order valence-corrected chi connectivity index (χ2v) is 9.96. The van der Waals surface area contributed by atoms with E-state index in [2.05, 4.69) is 4.98 Å². The molecule has 1 fully saturated rings. The van der Waals surface area contributed by atoms with Crippen LogP contribution in [0.1, 0.15) is 27.2 Å². The molecule has 10 heteroatoms. The summed E-state index contributed by atoms with van der Waals surface area (Å²) >= 11 is 1.26. The molecule has 1 aliphatic heterocycles. The fraction of sp³-hybridized carbons (Fsp3) is 0.500. The van der Waals surface area contributed by atoms with Crippen LogP contribution in [0.2, 0.25) is 0 Å². The molecule has 1 amide bonds. The Kier molecular flexibility index (Phi) is 4.98. The van der Waals surface area contributed by atoms with Gasteiger partial charge in [-0.1, -0.05) is 0 Å². The molecule has 1 saturated heterocycles. The second kappa shape index (κ2) is 6.92. The van der Waals surface area contributed by atoms with Gasteiger partial charge < -0.3 is 9.64 Å². The number of fused-ring (bicyclic) bond motifs is 1. The van der Waals surface area contributed by atoms with E-state index in [4.69, 9.17) is 4.74 Å². The number of non-ortho nitro benzene ring substituents is 1. The minimum atomic E-state index is -1.38. The van der Waals surface area contributed by atoms with E-state index >= 15 is 0 Å². The van der Waals surface area contributed by atoms with E-state index in [1.807, 2.05) is 0 Å². The molecule has 2 aromatic rings. The van der Waals surface area contributed by atoms with Gasteiger partial charge in [0, 0.05) is 25.2 Å². The molecule has 8 nitrogen and oxygen atoms in total. The van der Waals surface area contributed by atoms with Crippen molar-refractivity contribution in [3.05, 3.63) is 28.3 Å². The molecule has 0 saturated carbocycles. The van der Waals surface area contributed by atoms with Crippen molar-refractivity contribution >= 4 is 44.1 Å². The van der Waals surface area contributed by atoms with Gasteiger partial charge in [-0.05, 0) is 33.3 Å². The number of hydrogen-bond acceptors (Lipinski definition) is 7. The first-order valence-corrected chi connectivity index (χ1v) is 10.1. The molecular weight excluding hydrogens is 378 g/mol. The lowest BCUT2D eigenvalue weighted by Crippen LogP contribution is -2.36. The smallest absolute Gasteiger partial charge is 0.410 e. The highest BCUT2D eigenvalue weighted by Crippen LogP contribution is 2.30. The van der Waals surface area contributed by atoms with Crippen molar-refractivity contribution in [2.24, 2.45) is 0 Å². The number of thiazole rings is 1. The predicted molar refractivity (Wildman–Crippen MR) is 98.9 cm³/mol. The number of aromatic nitrogens is 1. The summed E-state index contributed by atoms with van der Waals surface area (Å²) in [7, 11) is -1.38. The molecule has 2 atom stereocenters. The molecule has 0 radical (unpaired) electrons. The van der Waals surface area contributed by atoms with E-state index in [0.717, 1.165) is 4.70 Å². The monoisotopic (exact) mass is 397 g/mol. The summed E-state index contributed by atoms with van der Waals surface area (Å²) in [6, 6.07) is 4.41. The molecule has 26 heavy (non-hydrogen) atoms. The molecule has 1 aromatic heterocycles. The standard InChI is InChI=1S/C16H19N3O5S2/c1-16(2,3)24-15(20)18-7-6-11(9-18)26(23)14-17-12-8-10(19(21)22)4-5-13(12)25-14/h4-5,8,11H,6-7,9H2,1-3H3. The maximum atomic E-state index is 12.8. The van der Waals surface area contributed by atoms with Crippen LogP contribution < -0.4 is 0 Å². The van der Waals surface area contributed by atoms with E-state index < -0.39 is 27.4 Å². The quantitative estimate of drug-likeness (QED) is 0.581. The maximum Gasteiger partial charge on any atom is 0.410 e. The van der Waals surface area contributed by atoms with Crippen molar-refractivity contribution in [3.8, 4) is 0 Å². The van der Waals surface area contributed by atoms with E-state index in [-0.39, 0.29) is 10.9 Å². The highest BCUT2D eigenvalue weighted by atomic mass is 32.2. The van der Waals surface area contributed by atoms with Gasteiger partial charge >= 0.3 is 6.09 Å². The van der Waals surface area contributed by atoms with Crippen LogP contribution in [-0.2, 0) is 15.5 Å². The zero-order chi connectivity index (χ0) is 19.1. The molecule has 0 aliphatic carbocycles. The number of carbonyl (C=O) groups excluding carboxylic acids is 1. The fourth-order valence-electron chi connectivity index (χ4n) is 2.63. The van der Waals surface area contributed by atoms with Crippen LogP contribution in [0, 0.1) is 10.1 Å². The number of carbonyl (C=O) groups is 1. The average molecular weight is 397 g/mol. The molecule has 140 valence electrons. The Morgan fingerprint density at radius 1 is 1.46 bits per heavy atom. The van der Waals surface area contributed by atoms with E-state index in [9.17, 15) is 19.1 Å². The van der Waals surface area contributed by atoms with Crippen LogP contribution in [0.4, 0.5) is 10.5 Å². The van der Waals surface area contributed by atoms with Crippen molar-refractivity contribution in [1.82, 2.24) is 9.88 Å². The van der Waals surface area contributed by atoms with Crippen molar-refractivity contribution in [1.29, 1.82) is 0 Å². The third-order valence-corrected chi connectivity index (χ3v) is 6.83. The first kappa shape index (κ1) is 18.7. The number of likely N-dealkylation sites (tertiary alicyclic amines) is 1. The second-order valence-electron chi connectivity index (χ2n) is 7.02. The number of benzene rings is 1. The molecule has 1 aromatic carbocycles. The topological polar surface area (TPSA) is 103 Å². The summed E-state index contributed by atoms with van der Waals surface area (Å²) < 4.78 is 19.4. The molecule has 0 spiro atoms. The van der Waals surface area contributed by atoms with Gasteiger partial charge in [0.25, 0.3) is 5.69 Å². The van der Waals surface area contributed by atoms with Gasteiger partial charge in [-0.15, -0.1) is 11.3 Å². The fourth-order valence-corrected chi connectivity index (χ4v) is 5.42. The van der Waals surface area contributed by atoms with E-state index in [1.54, 1.807) is 31.7 Å². The van der Waals surface area contributed by atoms with E-state index in [1.165, 1.54) is 23.5 Å². The lowest BCUT2D eigenvalue weighted by Gasteiger charge is -2.24. The van der Waals surface area contributed by atoms with Crippen molar-refractivity contribution in [2.45, 2.75) is 42.4 Å². The number of ether oxygens (including phenoxy) is 1. The Bertz CT molecular complexity index is 890. The van der Waals surface area contributed by atoms with Crippen LogP contribution in [-0.4, -0.2) is 49.0 Å². The molecule has 2 unspecified atom stereocenters. The summed E-state index contributed by atoms with van der Waals surface area (Å²) in [5, 5.41) is 10.6. The third kappa shape index (κ3) is 4.01. The SMILES string of the molecule is CC(C)(C)OC(=O)N1CCC(S(=O)c2nc3cc([N+](=O)[O-])ccc3s2)C1. The van der Waals surface area contributed by atoms with Crippen LogP contribution in [0.15, 0.2) is 22.5 Å². The van der Waals surface area contributed by atoms with Crippen molar-refractivity contribution < 1.29 is 18.7 Å². The van der Waals surface area contributed by atoms with Crippen LogP contribution in [0.25, 0.3) is 10.2 Å². The van der Waals surface area contributed by atoms with Gasteiger partial charge in [0.05, 0.1) is 31.2 Å². The first-order chi connectivity index (χ1) is 12.1. The number of nitrogens with zero attached hydrogens (tertiary/aromatic N) is 3. The number of rotatable bonds is 3. The highest BCUT2D eigenvalue weighted by molar-refractivity contribution is 7.88. The Morgan fingerprint density at radius 2 is 2.19 bits per heavy atom. The molecule has 3 rings (SSSR count). The zero-order valence-electron chi connectivity index (χ0n) is 14.6. The molecular formula is C16H19N3O5S2. The minimum absolute atomic E-state index is 0.0444. The van der Waals surface area contributed by atoms with Crippen LogP contribution in [0.5, 0.6) is 0 Å². The lowest BCUT2D eigenvalue weighted by molar-refractivity contribution is -0.384. The Morgan fingerprint density at radius 3 is 2.85 bits per heavy atom. The number of hydrogen-bond donors (Lipinski definition) is 0. The summed E-state index contributed by atoms with van der Waals surface area (Å²) in [4.78, 5) is 28.4. The van der Waals surface area contributed by atoms with Gasteiger partial charge in [-0.2, -0.15) is 0 Å². The highest BCUT2D eigenvalue weighted by Gasteiger charge is 2.34. The van der Waals surface area contributed by atoms with Gasteiger partial charge in [-0.25, -0.2) is 9.78 Å². The summed E-state index contributed by atoms with van der Waals surface area (Å²) in [5.41, 5.74) is -0.151. The molecule has 0 bridgehead atoms. The van der Waals surface area contributed by atoms with Gasteiger partial charge in [0.1, 0.15) is 5.60 Å². The maximum absolute atomic E-state index is 12.8. The van der Waals surface area contributed by atoms with Crippen LogP contribution in [0.3, 0.4) is 0 Å². The summed E-state index contributed by atoms with van der Waals surface area (Å²) in [5.74, 6) is 0. The van der Waals surface area contributed by atoms with E-state index in [0.29, 0.717) is 29.4 Å². The van der Waals surface area contributed by atoms with Crippen LogP contribution >= 0.6 is 11.3 Å². The van der Waals surface area contributed by atoms with Gasteiger partial charge in [0.15, 0.2) is 4.34 Å². The summed E-state index contributed by atoms with van der Waals surface area (Å²) in [6.07, 6.45) is 0.194. The van der Waals surface area contributed by atoms with Gasteiger partial charge in [-0.3, -0.25) is 14.3 Å².